The number of imide groups is 1. The van der Waals surface area contributed by atoms with Gasteiger partial charge in [-0.1, -0.05) is 26.0 Å². The van der Waals surface area contributed by atoms with Crippen LogP contribution >= 0.6 is 0 Å². The van der Waals surface area contributed by atoms with E-state index in [0.717, 1.165) is 11.1 Å². The van der Waals surface area contributed by atoms with Crippen molar-refractivity contribution in [3.8, 4) is 5.75 Å². The third-order valence-corrected chi connectivity index (χ3v) is 3.09. The first-order chi connectivity index (χ1) is 11.3. The Kier molecular flexibility index (Phi) is 7.74. The number of benzene rings is 1. The molecule has 24 heavy (non-hydrogen) atoms. The number of ether oxygens (including phenoxy) is 2. The molecule has 132 valence electrons. The Morgan fingerprint density at radius 1 is 1.17 bits per heavy atom. The maximum Gasteiger partial charge on any atom is 0.344 e. The van der Waals surface area contributed by atoms with Gasteiger partial charge in [-0.2, -0.15) is 0 Å². The highest BCUT2D eigenvalue weighted by atomic mass is 16.6. The van der Waals surface area contributed by atoms with E-state index >= 15 is 0 Å². The Bertz CT molecular complexity index is 599. The summed E-state index contributed by atoms with van der Waals surface area (Å²) in [6.07, 6.45) is 0. The summed E-state index contributed by atoms with van der Waals surface area (Å²) in [5.74, 6) is -0.516. The summed E-state index contributed by atoms with van der Waals surface area (Å²) in [6, 6.07) is 5.16. The van der Waals surface area contributed by atoms with Crippen LogP contribution in [0.2, 0.25) is 0 Å². The molecule has 0 aliphatic carbocycles. The smallest absolute Gasteiger partial charge is 0.344 e. The van der Waals surface area contributed by atoms with Crippen LogP contribution in [0, 0.1) is 6.92 Å². The summed E-state index contributed by atoms with van der Waals surface area (Å²) < 4.78 is 10.3. The lowest BCUT2D eigenvalue weighted by atomic mass is 10.0. The Balaban J connectivity index is 2.46. The minimum atomic E-state index is -0.701. The van der Waals surface area contributed by atoms with E-state index < -0.39 is 24.5 Å². The highest BCUT2D eigenvalue weighted by Gasteiger charge is 2.13. The summed E-state index contributed by atoms with van der Waals surface area (Å²) >= 11 is 0. The van der Waals surface area contributed by atoms with Crippen molar-refractivity contribution in [2.24, 2.45) is 0 Å². The SMILES string of the molecule is CCNC(=O)NC(=O)COC(=O)COc1cc(C)ccc1C(C)C. The van der Waals surface area contributed by atoms with Crippen molar-refractivity contribution >= 4 is 17.9 Å². The van der Waals surface area contributed by atoms with E-state index in [1.54, 1.807) is 6.92 Å². The van der Waals surface area contributed by atoms with Crippen molar-refractivity contribution in [3.05, 3.63) is 29.3 Å². The average Bonchev–Trinajstić information content (AvgIpc) is 2.50. The van der Waals surface area contributed by atoms with Gasteiger partial charge in [-0.25, -0.2) is 9.59 Å². The first kappa shape index (κ1) is 19.5. The topological polar surface area (TPSA) is 93.7 Å². The lowest BCUT2D eigenvalue weighted by Gasteiger charge is -2.14. The van der Waals surface area contributed by atoms with E-state index in [4.69, 9.17) is 9.47 Å². The fourth-order valence-corrected chi connectivity index (χ4v) is 1.94. The summed E-state index contributed by atoms with van der Waals surface area (Å²) in [5.41, 5.74) is 2.01. The van der Waals surface area contributed by atoms with E-state index in [9.17, 15) is 14.4 Å². The third kappa shape index (κ3) is 6.68. The zero-order valence-electron chi connectivity index (χ0n) is 14.5. The number of aryl methyl sites for hydroxylation is 1. The minimum Gasteiger partial charge on any atom is -0.482 e. The van der Waals surface area contributed by atoms with Crippen molar-refractivity contribution in [2.75, 3.05) is 19.8 Å². The maximum absolute atomic E-state index is 11.7. The van der Waals surface area contributed by atoms with E-state index in [-0.39, 0.29) is 12.5 Å². The largest absolute Gasteiger partial charge is 0.482 e. The van der Waals surface area contributed by atoms with Gasteiger partial charge >= 0.3 is 12.0 Å². The van der Waals surface area contributed by atoms with Gasteiger partial charge in [-0.3, -0.25) is 10.1 Å². The molecular weight excluding hydrogens is 312 g/mol. The summed E-state index contributed by atoms with van der Waals surface area (Å²) in [7, 11) is 0. The maximum atomic E-state index is 11.7. The first-order valence-electron chi connectivity index (χ1n) is 7.80. The Hall–Kier alpha value is -2.57. The van der Waals surface area contributed by atoms with Crippen LogP contribution in [0.25, 0.3) is 0 Å². The number of esters is 1. The number of nitrogens with one attached hydrogen (secondary N) is 2. The summed E-state index contributed by atoms with van der Waals surface area (Å²) in [5, 5.41) is 4.43. The van der Waals surface area contributed by atoms with Crippen LogP contribution < -0.4 is 15.4 Å². The molecule has 0 heterocycles. The van der Waals surface area contributed by atoms with Gasteiger partial charge in [0.15, 0.2) is 13.2 Å². The van der Waals surface area contributed by atoms with Gasteiger partial charge in [0.2, 0.25) is 0 Å². The van der Waals surface area contributed by atoms with Gasteiger partial charge in [-0.15, -0.1) is 0 Å². The molecule has 0 aliphatic rings. The lowest BCUT2D eigenvalue weighted by molar-refractivity contribution is -0.150. The number of urea groups is 1. The molecule has 1 aromatic carbocycles. The van der Waals surface area contributed by atoms with Crippen LogP contribution in [-0.2, 0) is 14.3 Å². The Morgan fingerprint density at radius 2 is 1.88 bits per heavy atom. The lowest BCUT2D eigenvalue weighted by Crippen LogP contribution is -2.41. The van der Waals surface area contributed by atoms with Gasteiger partial charge in [-0.05, 0) is 37.0 Å². The number of carbonyl (C=O) groups is 3. The molecule has 1 aromatic rings. The highest BCUT2D eigenvalue weighted by molar-refractivity contribution is 5.95. The molecule has 2 N–H and O–H groups in total. The number of hydrogen-bond donors (Lipinski definition) is 2. The van der Waals surface area contributed by atoms with Crippen molar-refractivity contribution < 1.29 is 23.9 Å². The van der Waals surface area contributed by atoms with Crippen molar-refractivity contribution in [1.29, 1.82) is 0 Å². The minimum absolute atomic E-state index is 0.250. The fourth-order valence-electron chi connectivity index (χ4n) is 1.94. The van der Waals surface area contributed by atoms with Crippen molar-refractivity contribution in [1.82, 2.24) is 10.6 Å². The highest BCUT2D eigenvalue weighted by Crippen LogP contribution is 2.27. The predicted molar refractivity (Wildman–Crippen MR) is 88.9 cm³/mol. The third-order valence-electron chi connectivity index (χ3n) is 3.09. The second-order valence-electron chi connectivity index (χ2n) is 5.55. The van der Waals surface area contributed by atoms with Crippen LogP contribution in [0.1, 0.15) is 37.8 Å². The molecular formula is C17H24N2O5. The number of hydrogen-bond acceptors (Lipinski definition) is 5. The second kappa shape index (κ2) is 9.54. The van der Waals surface area contributed by atoms with Crippen LogP contribution in [0.5, 0.6) is 5.75 Å². The van der Waals surface area contributed by atoms with E-state index in [0.29, 0.717) is 12.3 Å². The van der Waals surface area contributed by atoms with E-state index in [1.165, 1.54) is 0 Å². The normalized spacial score (nSPS) is 10.2. The zero-order valence-corrected chi connectivity index (χ0v) is 14.5. The van der Waals surface area contributed by atoms with Crippen molar-refractivity contribution in [2.45, 2.75) is 33.6 Å². The molecule has 0 spiro atoms. The standard InChI is InChI=1S/C17H24N2O5/c1-5-18-17(22)19-15(20)9-24-16(21)10-23-14-8-12(4)6-7-13(14)11(2)3/h6-8,11H,5,9-10H2,1-4H3,(H2,18,19,20,22). The summed E-state index contributed by atoms with van der Waals surface area (Å²) in [4.78, 5) is 34.2. The molecule has 7 heteroatoms. The quantitative estimate of drug-likeness (QED) is 0.742. The van der Waals surface area contributed by atoms with Crippen molar-refractivity contribution in [3.63, 3.8) is 0 Å². The summed E-state index contributed by atoms with van der Waals surface area (Å²) in [6.45, 7) is 7.26. The molecule has 1 rings (SSSR count). The van der Waals surface area contributed by atoms with Crippen LogP contribution in [0.4, 0.5) is 4.79 Å². The Morgan fingerprint density at radius 3 is 2.50 bits per heavy atom. The number of amides is 3. The van der Waals surface area contributed by atoms with Gasteiger partial charge in [0.25, 0.3) is 5.91 Å². The van der Waals surface area contributed by atoms with Crippen LogP contribution in [-0.4, -0.2) is 37.7 Å². The first-order valence-corrected chi connectivity index (χ1v) is 7.80. The fraction of sp³-hybridized carbons (Fsp3) is 0.471. The molecule has 0 saturated carbocycles. The molecule has 0 saturated heterocycles. The van der Waals surface area contributed by atoms with Crippen LogP contribution in [0.3, 0.4) is 0 Å². The van der Waals surface area contributed by atoms with Crippen LogP contribution in [0.15, 0.2) is 18.2 Å². The monoisotopic (exact) mass is 336 g/mol. The molecule has 7 nitrogen and oxygen atoms in total. The molecule has 0 unspecified atom stereocenters. The molecule has 3 amide bonds. The molecule has 0 fully saturated rings. The Labute approximate surface area is 141 Å². The number of rotatable bonds is 7. The molecule has 0 aliphatic heterocycles. The zero-order chi connectivity index (χ0) is 18.1. The van der Waals surface area contributed by atoms with Gasteiger partial charge in [0, 0.05) is 6.54 Å². The van der Waals surface area contributed by atoms with E-state index in [2.05, 4.69) is 5.32 Å². The molecule has 0 atom stereocenters. The molecule has 0 aromatic heterocycles. The average molecular weight is 336 g/mol. The van der Waals surface area contributed by atoms with Gasteiger partial charge in [0.1, 0.15) is 5.75 Å². The van der Waals surface area contributed by atoms with Gasteiger partial charge in [0.05, 0.1) is 0 Å². The van der Waals surface area contributed by atoms with Gasteiger partial charge < -0.3 is 14.8 Å². The number of carbonyl (C=O) groups excluding carboxylic acids is 3. The molecule has 0 bridgehead atoms. The van der Waals surface area contributed by atoms with E-state index in [1.807, 2.05) is 44.3 Å². The molecule has 0 radical (unpaired) electrons. The predicted octanol–water partition coefficient (Wildman–Crippen LogP) is 1.89. The second-order valence-corrected chi connectivity index (χ2v) is 5.55.